The third-order valence-electron chi connectivity index (χ3n) is 3.44. The summed E-state index contributed by atoms with van der Waals surface area (Å²) in [6.07, 6.45) is 2.13. The Kier molecular flexibility index (Phi) is 4.47. The summed E-state index contributed by atoms with van der Waals surface area (Å²) in [7, 11) is 0. The molecule has 0 aliphatic carbocycles. The van der Waals surface area contributed by atoms with E-state index in [-0.39, 0.29) is 22.5 Å². The van der Waals surface area contributed by atoms with Gasteiger partial charge in [-0.3, -0.25) is 9.78 Å². The number of carbonyl (C=O) groups excluding carboxylic acids is 1. The summed E-state index contributed by atoms with van der Waals surface area (Å²) in [5, 5.41) is 2.51. The monoisotopic (exact) mass is 343 g/mol. The van der Waals surface area contributed by atoms with Gasteiger partial charge < -0.3 is 5.32 Å². The number of anilines is 1. The Morgan fingerprint density at radius 1 is 1.08 bits per heavy atom. The third kappa shape index (κ3) is 3.65. The van der Waals surface area contributed by atoms with Crippen molar-refractivity contribution >= 4 is 11.7 Å². The summed E-state index contributed by atoms with van der Waals surface area (Å²) in [5.74, 6) is -3.48. The van der Waals surface area contributed by atoms with Crippen LogP contribution in [-0.4, -0.2) is 15.9 Å². The molecule has 0 saturated carbocycles. The van der Waals surface area contributed by atoms with Crippen LogP contribution in [0.4, 0.5) is 19.0 Å². The number of halogens is 3. The van der Waals surface area contributed by atoms with Crippen LogP contribution < -0.4 is 5.32 Å². The van der Waals surface area contributed by atoms with Crippen molar-refractivity contribution in [2.75, 3.05) is 5.32 Å². The Morgan fingerprint density at radius 2 is 1.88 bits per heavy atom. The van der Waals surface area contributed by atoms with Gasteiger partial charge in [0.2, 0.25) is 0 Å². The molecule has 126 valence electrons. The van der Waals surface area contributed by atoms with Crippen molar-refractivity contribution in [1.82, 2.24) is 9.97 Å². The average Bonchev–Trinajstić information content (AvgIpc) is 2.57. The van der Waals surface area contributed by atoms with E-state index in [1.165, 1.54) is 6.20 Å². The van der Waals surface area contributed by atoms with Gasteiger partial charge in [0.15, 0.2) is 11.6 Å². The maximum atomic E-state index is 14.1. The van der Waals surface area contributed by atoms with Gasteiger partial charge in [-0.05, 0) is 37.3 Å². The van der Waals surface area contributed by atoms with Crippen LogP contribution in [0.15, 0.2) is 48.8 Å². The summed E-state index contributed by atoms with van der Waals surface area (Å²) in [6.45, 7) is 1.75. The molecule has 0 fully saturated rings. The number of benzene rings is 1. The normalized spacial score (nSPS) is 10.6. The van der Waals surface area contributed by atoms with E-state index in [1.807, 2.05) is 0 Å². The van der Waals surface area contributed by atoms with E-state index in [0.29, 0.717) is 5.69 Å². The van der Waals surface area contributed by atoms with Crippen LogP contribution in [0.5, 0.6) is 0 Å². The molecule has 3 aromatic rings. The van der Waals surface area contributed by atoms with Crippen molar-refractivity contribution in [3.63, 3.8) is 0 Å². The molecule has 1 amide bonds. The zero-order valence-corrected chi connectivity index (χ0v) is 13.1. The van der Waals surface area contributed by atoms with E-state index in [1.54, 1.807) is 25.1 Å². The standard InChI is InChI=1S/C18H12F3N3O/c1-10-3-2-4-16(23-10)24-18(25)11-6-14(17(21)15(20)7-11)12-5-13(19)9-22-8-12/h2-9H,1H3,(H,23,24,25). The molecule has 1 N–H and O–H groups in total. The lowest BCUT2D eigenvalue weighted by atomic mass is 10.0. The second-order valence-electron chi connectivity index (χ2n) is 5.33. The summed E-state index contributed by atoms with van der Waals surface area (Å²) >= 11 is 0. The van der Waals surface area contributed by atoms with Crippen molar-refractivity contribution in [3.8, 4) is 11.1 Å². The molecule has 25 heavy (non-hydrogen) atoms. The van der Waals surface area contributed by atoms with E-state index in [2.05, 4.69) is 15.3 Å². The highest BCUT2D eigenvalue weighted by molar-refractivity contribution is 6.04. The number of aryl methyl sites for hydroxylation is 1. The molecule has 0 atom stereocenters. The van der Waals surface area contributed by atoms with E-state index in [0.717, 1.165) is 24.4 Å². The lowest BCUT2D eigenvalue weighted by molar-refractivity contribution is 0.102. The van der Waals surface area contributed by atoms with Crippen molar-refractivity contribution in [2.45, 2.75) is 6.92 Å². The lowest BCUT2D eigenvalue weighted by Crippen LogP contribution is -2.14. The van der Waals surface area contributed by atoms with Crippen molar-refractivity contribution in [3.05, 3.63) is 77.5 Å². The Hall–Kier alpha value is -3.22. The smallest absolute Gasteiger partial charge is 0.256 e. The first-order valence-electron chi connectivity index (χ1n) is 7.29. The fourth-order valence-corrected chi connectivity index (χ4v) is 2.29. The van der Waals surface area contributed by atoms with Crippen LogP contribution in [0.3, 0.4) is 0 Å². The van der Waals surface area contributed by atoms with E-state index < -0.39 is 23.4 Å². The Bertz CT molecular complexity index is 960. The van der Waals surface area contributed by atoms with Crippen LogP contribution in [-0.2, 0) is 0 Å². The Morgan fingerprint density at radius 3 is 2.60 bits per heavy atom. The highest BCUT2D eigenvalue weighted by atomic mass is 19.2. The lowest BCUT2D eigenvalue weighted by Gasteiger charge is -2.09. The number of pyridine rings is 2. The summed E-state index contributed by atoms with van der Waals surface area (Å²) in [5.41, 5.74) is 0.338. The Balaban J connectivity index is 1.98. The number of carbonyl (C=O) groups is 1. The number of amides is 1. The van der Waals surface area contributed by atoms with Gasteiger partial charge in [-0.25, -0.2) is 18.2 Å². The van der Waals surface area contributed by atoms with Gasteiger partial charge in [0.25, 0.3) is 5.91 Å². The van der Waals surface area contributed by atoms with Gasteiger partial charge in [0, 0.05) is 28.6 Å². The minimum Gasteiger partial charge on any atom is -0.307 e. The number of rotatable bonds is 3. The summed E-state index contributed by atoms with van der Waals surface area (Å²) in [4.78, 5) is 20.0. The number of nitrogens with one attached hydrogen (secondary N) is 1. The van der Waals surface area contributed by atoms with Crippen LogP contribution in [0.1, 0.15) is 16.1 Å². The quantitative estimate of drug-likeness (QED) is 0.778. The molecule has 2 heterocycles. The highest BCUT2D eigenvalue weighted by Gasteiger charge is 2.17. The third-order valence-corrected chi connectivity index (χ3v) is 3.44. The van der Waals surface area contributed by atoms with Crippen molar-refractivity contribution in [2.24, 2.45) is 0 Å². The fraction of sp³-hybridized carbons (Fsp3) is 0.0556. The topological polar surface area (TPSA) is 54.9 Å². The van der Waals surface area contributed by atoms with Gasteiger partial charge >= 0.3 is 0 Å². The molecule has 4 nitrogen and oxygen atoms in total. The van der Waals surface area contributed by atoms with Crippen LogP contribution in [0.25, 0.3) is 11.1 Å². The average molecular weight is 343 g/mol. The molecule has 0 aliphatic rings. The van der Waals surface area contributed by atoms with Crippen molar-refractivity contribution in [1.29, 1.82) is 0 Å². The van der Waals surface area contributed by atoms with E-state index >= 15 is 0 Å². The molecule has 2 aromatic heterocycles. The fourth-order valence-electron chi connectivity index (χ4n) is 2.29. The van der Waals surface area contributed by atoms with E-state index in [4.69, 9.17) is 0 Å². The summed E-state index contributed by atoms with van der Waals surface area (Å²) in [6, 6.07) is 7.95. The Labute approximate surface area is 141 Å². The molecule has 7 heteroatoms. The van der Waals surface area contributed by atoms with Crippen LogP contribution in [0.2, 0.25) is 0 Å². The minimum atomic E-state index is -1.22. The van der Waals surface area contributed by atoms with Crippen LogP contribution in [0, 0.1) is 24.4 Å². The van der Waals surface area contributed by atoms with Gasteiger partial charge in [0.1, 0.15) is 11.6 Å². The van der Waals surface area contributed by atoms with Gasteiger partial charge in [-0.2, -0.15) is 0 Å². The minimum absolute atomic E-state index is 0.0275. The molecule has 0 saturated heterocycles. The maximum absolute atomic E-state index is 14.1. The van der Waals surface area contributed by atoms with E-state index in [9.17, 15) is 18.0 Å². The second kappa shape index (κ2) is 6.72. The molecule has 0 spiro atoms. The van der Waals surface area contributed by atoms with Gasteiger partial charge in [-0.1, -0.05) is 6.07 Å². The maximum Gasteiger partial charge on any atom is 0.256 e. The molecule has 0 bridgehead atoms. The number of aromatic nitrogens is 2. The van der Waals surface area contributed by atoms with Crippen molar-refractivity contribution < 1.29 is 18.0 Å². The molecule has 1 aromatic carbocycles. The first-order valence-corrected chi connectivity index (χ1v) is 7.29. The second-order valence-corrected chi connectivity index (χ2v) is 5.33. The SMILES string of the molecule is Cc1cccc(NC(=O)c2cc(F)c(F)c(-c3cncc(F)c3)c2)n1. The first-order chi connectivity index (χ1) is 11.9. The summed E-state index contributed by atoms with van der Waals surface area (Å²) < 4.78 is 41.3. The zero-order valence-electron chi connectivity index (χ0n) is 13.1. The predicted molar refractivity (Wildman–Crippen MR) is 86.5 cm³/mol. The molecular weight excluding hydrogens is 331 g/mol. The highest BCUT2D eigenvalue weighted by Crippen LogP contribution is 2.26. The molecule has 0 radical (unpaired) electrons. The predicted octanol–water partition coefficient (Wildman–Crippen LogP) is 4.12. The number of hydrogen-bond donors (Lipinski definition) is 1. The molecular formula is C18H12F3N3O. The molecule has 3 rings (SSSR count). The van der Waals surface area contributed by atoms with Crippen LogP contribution >= 0.6 is 0 Å². The van der Waals surface area contributed by atoms with Gasteiger partial charge in [-0.15, -0.1) is 0 Å². The number of hydrogen-bond acceptors (Lipinski definition) is 3. The zero-order chi connectivity index (χ0) is 18.0. The molecule has 0 aliphatic heterocycles. The molecule has 0 unspecified atom stereocenters. The first kappa shape index (κ1) is 16.6. The number of nitrogens with zero attached hydrogens (tertiary/aromatic N) is 2. The largest absolute Gasteiger partial charge is 0.307 e. The van der Waals surface area contributed by atoms with Gasteiger partial charge in [0.05, 0.1) is 6.20 Å².